The lowest BCUT2D eigenvalue weighted by atomic mass is 10.2. The Kier molecular flexibility index (Phi) is 4.98. The Morgan fingerprint density at radius 1 is 1.23 bits per heavy atom. The van der Waals surface area contributed by atoms with E-state index < -0.39 is 15.9 Å². The van der Waals surface area contributed by atoms with Gasteiger partial charge in [-0.05, 0) is 30.3 Å². The Balaban J connectivity index is 1.77. The van der Waals surface area contributed by atoms with Crippen LogP contribution in [0.5, 0.6) is 0 Å². The molecule has 0 aliphatic carbocycles. The van der Waals surface area contributed by atoms with Crippen molar-refractivity contribution in [2.75, 3.05) is 14.2 Å². The lowest BCUT2D eigenvalue weighted by Crippen LogP contribution is -2.27. The normalized spacial score (nSPS) is 11.8. The molecule has 2 heterocycles. The number of fused-ring (bicyclic) bond motifs is 1. The Morgan fingerprint density at radius 3 is 2.81 bits per heavy atom. The SMILES string of the molecule is CON(C)S(=O)(=O)c1cccc(C(=O)NCc2nnc3ccccn23)c1. The average molecular weight is 375 g/mol. The highest BCUT2D eigenvalue weighted by Gasteiger charge is 2.22. The van der Waals surface area contributed by atoms with Crippen molar-refractivity contribution in [1.29, 1.82) is 0 Å². The first-order valence-electron chi connectivity index (χ1n) is 7.63. The first kappa shape index (κ1) is 18.0. The number of carbonyl (C=O) groups excluding carboxylic acids is 1. The molecule has 0 saturated carbocycles. The summed E-state index contributed by atoms with van der Waals surface area (Å²) in [6.45, 7) is 0.152. The third-order valence-corrected chi connectivity index (χ3v) is 5.46. The molecule has 0 saturated heterocycles. The van der Waals surface area contributed by atoms with Crippen LogP contribution in [-0.2, 0) is 21.4 Å². The minimum Gasteiger partial charge on any atom is -0.345 e. The maximum absolute atomic E-state index is 12.4. The average Bonchev–Trinajstić information content (AvgIpc) is 3.08. The molecule has 9 nitrogen and oxygen atoms in total. The predicted molar refractivity (Wildman–Crippen MR) is 92.6 cm³/mol. The van der Waals surface area contributed by atoms with Crippen LogP contribution in [0, 0.1) is 0 Å². The number of hydroxylamine groups is 1. The van der Waals surface area contributed by atoms with Crippen LogP contribution in [0.25, 0.3) is 5.65 Å². The van der Waals surface area contributed by atoms with Crippen molar-refractivity contribution in [2.24, 2.45) is 0 Å². The number of rotatable bonds is 6. The van der Waals surface area contributed by atoms with Crippen LogP contribution in [0.15, 0.2) is 53.6 Å². The monoisotopic (exact) mass is 375 g/mol. The number of hydrogen-bond acceptors (Lipinski definition) is 6. The molecule has 0 unspecified atom stereocenters. The van der Waals surface area contributed by atoms with Crippen molar-refractivity contribution >= 4 is 21.6 Å². The smallest absolute Gasteiger partial charge is 0.264 e. The van der Waals surface area contributed by atoms with Crippen molar-refractivity contribution in [3.63, 3.8) is 0 Å². The summed E-state index contributed by atoms with van der Waals surface area (Å²) in [7, 11) is -1.30. The summed E-state index contributed by atoms with van der Waals surface area (Å²) in [5, 5.41) is 10.8. The number of benzene rings is 1. The Bertz CT molecular complexity index is 1050. The lowest BCUT2D eigenvalue weighted by Gasteiger charge is -2.14. The quantitative estimate of drug-likeness (QED) is 0.640. The second-order valence-electron chi connectivity index (χ2n) is 5.35. The minimum absolute atomic E-state index is 0.0394. The lowest BCUT2D eigenvalue weighted by molar-refractivity contribution is -0.0258. The van der Waals surface area contributed by atoms with Crippen molar-refractivity contribution in [3.8, 4) is 0 Å². The molecule has 0 spiro atoms. The maximum Gasteiger partial charge on any atom is 0.264 e. The third kappa shape index (κ3) is 3.43. The fourth-order valence-electron chi connectivity index (χ4n) is 2.32. The Labute approximate surface area is 150 Å². The molecule has 1 N–H and O–H groups in total. The number of nitrogens with one attached hydrogen (secondary N) is 1. The minimum atomic E-state index is -3.83. The van der Waals surface area contributed by atoms with Crippen LogP contribution < -0.4 is 5.32 Å². The molecule has 10 heteroatoms. The summed E-state index contributed by atoms with van der Waals surface area (Å²) in [5.41, 5.74) is 0.886. The fraction of sp³-hybridized carbons (Fsp3) is 0.188. The van der Waals surface area contributed by atoms with Crippen LogP contribution in [-0.4, -0.2) is 47.5 Å². The van der Waals surface area contributed by atoms with Crippen LogP contribution >= 0.6 is 0 Å². The highest BCUT2D eigenvalue weighted by Crippen LogP contribution is 2.16. The van der Waals surface area contributed by atoms with Gasteiger partial charge in [0.25, 0.3) is 15.9 Å². The molecule has 2 aromatic heterocycles. The van der Waals surface area contributed by atoms with E-state index in [1.807, 2.05) is 12.1 Å². The molecular formula is C16H17N5O4S. The summed E-state index contributed by atoms with van der Waals surface area (Å²) in [6, 6.07) is 11.2. The Morgan fingerprint density at radius 2 is 2.04 bits per heavy atom. The van der Waals surface area contributed by atoms with Gasteiger partial charge >= 0.3 is 0 Å². The molecule has 0 aliphatic heterocycles. The van der Waals surface area contributed by atoms with Gasteiger partial charge in [0, 0.05) is 18.8 Å². The van der Waals surface area contributed by atoms with Gasteiger partial charge in [-0.25, -0.2) is 8.42 Å². The number of amides is 1. The molecule has 3 rings (SSSR count). The standard InChI is InChI=1S/C16H17N5O4S/c1-20(25-2)26(23,24)13-7-5-6-12(10-13)16(22)17-11-15-19-18-14-8-3-4-9-21(14)15/h3-10H,11H2,1-2H3,(H,17,22). The number of sulfonamides is 1. The Hall–Kier alpha value is -2.82. The van der Waals surface area contributed by atoms with E-state index in [0.29, 0.717) is 11.5 Å². The highest BCUT2D eigenvalue weighted by atomic mass is 32.2. The van der Waals surface area contributed by atoms with Crippen molar-refractivity contribution in [2.45, 2.75) is 11.4 Å². The summed E-state index contributed by atoms with van der Waals surface area (Å²) in [4.78, 5) is 17.1. The molecule has 0 fully saturated rings. The molecule has 3 aromatic rings. The van der Waals surface area contributed by atoms with E-state index in [2.05, 4.69) is 15.5 Å². The zero-order chi connectivity index (χ0) is 18.7. The van der Waals surface area contributed by atoms with Gasteiger partial charge < -0.3 is 5.32 Å². The molecular weight excluding hydrogens is 358 g/mol. The third-order valence-electron chi connectivity index (χ3n) is 3.78. The first-order chi connectivity index (χ1) is 12.4. The highest BCUT2D eigenvalue weighted by molar-refractivity contribution is 7.89. The molecule has 136 valence electrons. The van der Waals surface area contributed by atoms with Crippen LogP contribution in [0.1, 0.15) is 16.2 Å². The van der Waals surface area contributed by atoms with Gasteiger partial charge in [-0.15, -0.1) is 10.2 Å². The van der Waals surface area contributed by atoms with Crippen molar-refractivity contribution in [3.05, 3.63) is 60.0 Å². The topological polar surface area (TPSA) is 106 Å². The van der Waals surface area contributed by atoms with Gasteiger partial charge in [-0.1, -0.05) is 16.6 Å². The van der Waals surface area contributed by atoms with Crippen molar-refractivity contribution < 1.29 is 18.0 Å². The fourth-order valence-corrected chi connectivity index (χ4v) is 3.34. The van der Waals surface area contributed by atoms with Gasteiger partial charge in [-0.3, -0.25) is 14.0 Å². The number of hydrogen-bond donors (Lipinski definition) is 1. The van der Waals surface area contributed by atoms with Gasteiger partial charge in [-0.2, -0.15) is 0 Å². The summed E-state index contributed by atoms with van der Waals surface area (Å²) >= 11 is 0. The molecule has 0 aliphatic rings. The van der Waals surface area contributed by atoms with Crippen molar-refractivity contribution in [1.82, 2.24) is 24.4 Å². The predicted octanol–water partition coefficient (Wildman–Crippen LogP) is 0.841. The number of nitrogens with zero attached hydrogens (tertiary/aromatic N) is 4. The number of pyridine rings is 1. The summed E-state index contributed by atoms with van der Waals surface area (Å²) in [5.74, 6) is 0.145. The zero-order valence-electron chi connectivity index (χ0n) is 14.2. The molecule has 0 radical (unpaired) electrons. The number of carbonyl (C=O) groups is 1. The van der Waals surface area contributed by atoms with E-state index in [-0.39, 0.29) is 17.0 Å². The van der Waals surface area contributed by atoms with Crippen LogP contribution in [0.3, 0.4) is 0 Å². The van der Waals surface area contributed by atoms with E-state index in [9.17, 15) is 13.2 Å². The molecule has 26 heavy (non-hydrogen) atoms. The second-order valence-corrected chi connectivity index (χ2v) is 7.29. The van der Waals surface area contributed by atoms with E-state index in [4.69, 9.17) is 4.84 Å². The zero-order valence-corrected chi connectivity index (χ0v) is 15.0. The van der Waals surface area contributed by atoms with Crippen LogP contribution in [0.2, 0.25) is 0 Å². The van der Waals surface area contributed by atoms with E-state index in [1.165, 1.54) is 38.4 Å². The molecule has 0 bridgehead atoms. The summed E-state index contributed by atoms with van der Waals surface area (Å²) < 4.78 is 27.0. The maximum atomic E-state index is 12.4. The summed E-state index contributed by atoms with van der Waals surface area (Å²) in [6.07, 6.45) is 1.80. The van der Waals surface area contributed by atoms with E-state index in [0.717, 1.165) is 4.47 Å². The molecule has 1 aromatic carbocycles. The van der Waals surface area contributed by atoms with Gasteiger partial charge in [0.2, 0.25) is 0 Å². The largest absolute Gasteiger partial charge is 0.345 e. The first-order valence-corrected chi connectivity index (χ1v) is 9.07. The number of aromatic nitrogens is 3. The molecule has 1 amide bonds. The van der Waals surface area contributed by atoms with E-state index in [1.54, 1.807) is 16.7 Å². The van der Waals surface area contributed by atoms with Gasteiger partial charge in [0.15, 0.2) is 11.5 Å². The van der Waals surface area contributed by atoms with E-state index >= 15 is 0 Å². The van der Waals surface area contributed by atoms with Gasteiger partial charge in [0.1, 0.15) is 0 Å². The van der Waals surface area contributed by atoms with Gasteiger partial charge in [0.05, 0.1) is 18.6 Å². The molecule has 0 atom stereocenters. The van der Waals surface area contributed by atoms with Crippen LogP contribution in [0.4, 0.5) is 0 Å². The second kappa shape index (κ2) is 7.20.